The maximum Gasteiger partial charge on any atom is 0.173 e. The quantitative estimate of drug-likeness (QED) is 0.0873. The van der Waals surface area contributed by atoms with Crippen molar-refractivity contribution >= 4 is 0 Å². The second-order valence-corrected chi connectivity index (χ2v) is 14.4. The number of benzene rings is 1. The lowest BCUT2D eigenvalue weighted by Crippen LogP contribution is -2.36. The van der Waals surface area contributed by atoms with E-state index in [9.17, 15) is 0 Å². The summed E-state index contributed by atoms with van der Waals surface area (Å²) in [6.07, 6.45) is 34.5. The van der Waals surface area contributed by atoms with Crippen molar-refractivity contribution in [3.63, 3.8) is 0 Å². The van der Waals surface area contributed by atoms with E-state index in [1.165, 1.54) is 50.1 Å². The van der Waals surface area contributed by atoms with Crippen molar-refractivity contribution in [1.82, 2.24) is 15.0 Å². The van der Waals surface area contributed by atoms with Gasteiger partial charge < -0.3 is 0 Å². The van der Waals surface area contributed by atoms with Crippen LogP contribution in [0.2, 0.25) is 0 Å². The zero-order valence-electron chi connectivity index (χ0n) is 31.3. The fourth-order valence-corrected chi connectivity index (χ4v) is 7.16. The van der Waals surface area contributed by atoms with Gasteiger partial charge in [0.15, 0.2) is 56.8 Å². The van der Waals surface area contributed by atoms with Crippen molar-refractivity contribution in [3.8, 4) is 0 Å². The van der Waals surface area contributed by atoms with E-state index in [0.717, 1.165) is 77.4 Å². The van der Waals surface area contributed by atoms with Crippen LogP contribution in [0.1, 0.15) is 69.3 Å². The third-order valence-electron chi connectivity index (χ3n) is 10.1. The van der Waals surface area contributed by atoms with E-state index in [1.54, 1.807) is 0 Å². The van der Waals surface area contributed by atoms with Crippen LogP contribution in [-0.4, -0.2) is 15.0 Å². The minimum atomic E-state index is 0.834. The molecular weight excluding hydrogens is 661 g/mol. The van der Waals surface area contributed by atoms with E-state index in [4.69, 9.17) is 0 Å². The van der Waals surface area contributed by atoms with Gasteiger partial charge in [0.05, 0.1) is 0 Å². The SMILES string of the molecule is c1cc(CCCc2cc[n+](Cc3cc(C[n+]4ccc(CCCc5ccncc5)cc4)cc(C[n+]4ccc(CCCc5ccncc5)cc4)c3)cc2)ccn1. The Morgan fingerprint density at radius 3 is 0.741 bits per heavy atom. The van der Waals surface area contributed by atoms with Crippen LogP contribution < -0.4 is 13.7 Å². The van der Waals surface area contributed by atoms with Crippen molar-refractivity contribution in [2.24, 2.45) is 0 Å². The van der Waals surface area contributed by atoms with Gasteiger partial charge >= 0.3 is 0 Å². The van der Waals surface area contributed by atoms with Crippen LogP contribution in [-0.2, 0) is 58.2 Å². The molecule has 0 aliphatic carbocycles. The van der Waals surface area contributed by atoms with Gasteiger partial charge in [0.25, 0.3) is 0 Å². The Morgan fingerprint density at radius 1 is 0.278 bits per heavy atom. The Bertz CT molecular complexity index is 1870. The van der Waals surface area contributed by atoms with Crippen molar-refractivity contribution < 1.29 is 13.7 Å². The average Bonchev–Trinajstić information content (AvgIpc) is 3.21. The van der Waals surface area contributed by atoms with Gasteiger partial charge in [-0.05, 0) is 146 Å². The molecule has 0 amide bonds. The minimum Gasteiger partial charge on any atom is -0.265 e. The van der Waals surface area contributed by atoms with Crippen LogP contribution in [0, 0.1) is 0 Å². The summed E-state index contributed by atoms with van der Waals surface area (Å²) < 4.78 is 6.91. The summed E-state index contributed by atoms with van der Waals surface area (Å²) in [6.45, 7) is 2.50. The predicted molar refractivity (Wildman–Crippen MR) is 212 cm³/mol. The molecule has 270 valence electrons. The molecule has 0 radical (unpaired) electrons. The van der Waals surface area contributed by atoms with Gasteiger partial charge in [-0.1, -0.05) is 0 Å². The number of aromatic nitrogens is 6. The van der Waals surface area contributed by atoms with E-state index >= 15 is 0 Å². The van der Waals surface area contributed by atoms with E-state index in [1.807, 2.05) is 37.2 Å². The largest absolute Gasteiger partial charge is 0.265 e. The summed E-state index contributed by atoms with van der Waals surface area (Å²) in [4.78, 5) is 12.4. The number of pyridine rings is 6. The highest BCUT2D eigenvalue weighted by atomic mass is 14.9. The molecule has 0 aliphatic heterocycles. The first-order chi connectivity index (χ1) is 26.7. The standard InChI is InChI=1S/C48H51N6/c1(4-40-10-22-49-23-11-40)7-43-16-28-52(29-17-43)37-46-34-47(38-53-30-18-44(19-31-53)8-2-5-41-12-24-50-25-13-41)36-48(35-46)39-54-32-20-45(21-33-54)9-3-6-42-14-26-51-27-15-42/h10-36H,1-9,37-39H2/q+3. The molecular formula is C48H51N6+3. The van der Waals surface area contributed by atoms with E-state index in [0.29, 0.717) is 0 Å². The normalized spacial score (nSPS) is 11.1. The summed E-state index contributed by atoms with van der Waals surface area (Å²) in [5.74, 6) is 0. The lowest BCUT2D eigenvalue weighted by atomic mass is 10.0. The number of rotatable bonds is 18. The Hall–Kier alpha value is -5.88. The van der Waals surface area contributed by atoms with Crippen LogP contribution in [0.4, 0.5) is 0 Å². The molecule has 0 saturated carbocycles. The molecule has 6 heterocycles. The molecule has 0 unspecified atom stereocenters. The second kappa shape index (κ2) is 19.3. The fourth-order valence-electron chi connectivity index (χ4n) is 7.16. The van der Waals surface area contributed by atoms with Gasteiger partial charge in [0, 0.05) is 90.3 Å². The Morgan fingerprint density at radius 2 is 0.500 bits per heavy atom. The van der Waals surface area contributed by atoms with Gasteiger partial charge in [-0.15, -0.1) is 0 Å². The maximum absolute atomic E-state index is 4.14. The summed E-state index contributed by atoms with van der Waals surface area (Å²) in [5.41, 5.74) is 12.1. The lowest BCUT2D eigenvalue weighted by molar-refractivity contribution is -0.690. The third-order valence-corrected chi connectivity index (χ3v) is 10.1. The molecule has 0 bridgehead atoms. The highest BCUT2D eigenvalue weighted by molar-refractivity contribution is 5.29. The van der Waals surface area contributed by atoms with E-state index < -0.39 is 0 Å². The topological polar surface area (TPSA) is 50.3 Å². The molecule has 0 aliphatic rings. The molecule has 1 aromatic carbocycles. The zero-order chi connectivity index (χ0) is 36.6. The fraction of sp³-hybridized carbons (Fsp3) is 0.250. The molecule has 6 heteroatoms. The van der Waals surface area contributed by atoms with Crippen molar-refractivity contribution in [2.45, 2.75) is 77.4 Å². The summed E-state index contributed by atoms with van der Waals surface area (Å²) >= 11 is 0. The highest BCUT2D eigenvalue weighted by Gasteiger charge is 2.13. The Kier molecular flexibility index (Phi) is 13.0. The summed E-state index contributed by atoms with van der Waals surface area (Å²) in [5, 5.41) is 0. The van der Waals surface area contributed by atoms with E-state index in [2.05, 4.69) is 157 Å². The third kappa shape index (κ3) is 11.6. The van der Waals surface area contributed by atoms with Crippen LogP contribution >= 0.6 is 0 Å². The van der Waals surface area contributed by atoms with Gasteiger partial charge in [-0.3, -0.25) is 15.0 Å². The van der Waals surface area contributed by atoms with Crippen molar-refractivity contribution in [2.75, 3.05) is 0 Å². The number of aryl methyl sites for hydroxylation is 6. The first kappa shape index (κ1) is 36.5. The average molecular weight is 712 g/mol. The van der Waals surface area contributed by atoms with Crippen LogP contribution in [0.5, 0.6) is 0 Å². The number of hydrogen-bond donors (Lipinski definition) is 0. The zero-order valence-corrected chi connectivity index (χ0v) is 31.3. The Labute approximate surface area is 320 Å². The number of nitrogens with zero attached hydrogens (tertiary/aromatic N) is 6. The van der Waals surface area contributed by atoms with Gasteiger partial charge in [-0.2, -0.15) is 0 Å². The predicted octanol–water partition coefficient (Wildman–Crippen LogP) is 7.40. The van der Waals surface area contributed by atoms with Gasteiger partial charge in [0.2, 0.25) is 0 Å². The molecule has 6 nitrogen and oxygen atoms in total. The molecule has 54 heavy (non-hydrogen) atoms. The number of hydrogen-bond acceptors (Lipinski definition) is 3. The smallest absolute Gasteiger partial charge is 0.173 e. The first-order valence-electron chi connectivity index (χ1n) is 19.4. The van der Waals surface area contributed by atoms with Gasteiger partial charge in [-0.25, -0.2) is 13.7 Å². The van der Waals surface area contributed by atoms with E-state index in [-0.39, 0.29) is 0 Å². The van der Waals surface area contributed by atoms with Crippen molar-refractivity contribution in [1.29, 1.82) is 0 Å². The molecule has 7 aromatic rings. The molecule has 0 fully saturated rings. The lowest BCUT2D eigenvalue weighted by Gasteiger charge is -2.08. The second-order valence-electron chi connectivity index (χ2n) is 14.4. The highest BCUT2D eigenvalue weighted by Crippen LogP contribution is 2.14. The summed E-state index contributed by atoms with van der Waals surface area (Å²) in [6, 6.07) is 33.5. The van der Waals surface area contributed by atoms with Gasteiger partial charge in [0.1, 0.15) is 0 Å². The van der Waals surface area contributed by atoms with Crippen LogP contribution in [0.15, 0.2) is 165 Å². The van der Waals surface area contributed by atoms with Crippen LogP contribution in [0.3, 0.4) is 0 Å². The molecule has 0 spiro atoms. The summed E-state index contributed by atoms with van der Waals surface area (Å²) in [7, 11) is 0. The monoisotopic (exact) mass is 711 g/mol. The first-order valence-corrected chi connectivity index (χ1v) is 19.4. The molecule has 7 rings (SSSR count). The maximum atomic E-state index is 4.14. The molecule has 0 atom stereocenters. The van der Waals surface area contributed by atoms with Crippen LogP contribution in [0.25, 0.3) is 0 Å². The Balaban J connectivity index is 1.00. The minimum absolute atomic E-state index is 0.834. The molecule has 0 N–H and O–H groups in total. The van der Waals surface area contributed by atoms with Crippen molar-refractivity contribution in [3.05, 3.63) is 215 Å². The molecule has 0 saturated heterocycles. The molecule has 6 aromatic heterocycles.